The first-order chi connectivity index (χ1) is 39.8. The van der Waals surface area contributed by atoms with E-state index in [4.69, 9.17) is 28.4 Å². The van der Waals surface area contributed by atoms with Crippen LogP contribution in [0.1, 0.15) is 149 Å². The lowest BCUT2D eigenvalue weighted by atomic mass is 9.96. The molecule has 82 heavy (non-hydrogen) atoms. The van der Waals surface area contributed by atoms with Crippen LogP contribution in [0, 0.1) is 0 Å². The summed E-state index contributed by atoms with van der Waals surface area (Å²) in [5.74, 6) is -0.326. The SMILES string of the molecule is CC/C=C\C/C=C\C/C=C\C/C=C\C/C=C\C/C=C\C/C=C\C/C=C\CCCCC(=O)NC(COC1OC(CO)C(OC2OC(CO)C(OC3OC(CO)C(O)C(O)C3O)C(O)C2O)C(O)C1O)C(O)/C=C/CCCCCCCCCC. The molecule has 3 saturated heterocycles. The van der Waals surface area contributed by atoms with Crippen LogP contribution in [-0.2, 0) is 33.2 Å². The van der Waals surface area contributed by atoms with E-state index in [1.807, 2.05) is 6.08 Å². The molecule has 3 heterocycles. The smallest absolute Gasteiger partial charge is 0.220 e. The number of aliphatic hydroxyl groups excluding tert-OH is 11. The van der Waals surface area contributed by atoms with Gasteiger partial charge in [-0.15, -0.1) is 0 Å². The molecule has 0 aromatic rings. The Kier molecular flexibility index (Phi) is 39.8. The van der Waals surface area contributed by atoms with Crippen molar-refractivity contribution in [1.82, 2.24) is 5.32 Å². The number of unbranched alkanes of at least 4 members (excludes halogenated alkanes) is 10. The van der Waals surface area contributed by atoms with Crippen LogP contribution in [0.2, 0.25) is 0 Å². The zero-order chi connectivity index (χ0) is 59.7. The van der Waals surface area contributed by atoms with Gasteiger partial charge in [0.2, 0.25) is 5.91 Å². The maximum absolute atomic E-state index is 13.3. The predicted molar refractivity (Wildman–Crippen MR) is 313 cm³/mol. The first-order valence-corrected chi connectivity index (χ1v) is 30.1. The minimum Gasteiger partial charge on any atom is -0.394 e. The Hall–Kier alpha value is -3.55. The Morgan fingerprint density at radius 3 is 1.32 bits per heavy atom. The molecule has 17 atom stereocenters. The Balaban J connectivity index is 1.46. The van der Waals surface area contributed by atoms with E-state index in [2.05, 4.69) is 116 Å². The third-order valence-electron chi connectivity index (χ3n) is 14.3. The molecule has 0 saturated carbocycles. The molecule has 468 valence electrons. The fourth-order valence-corrected chi connectivity index (χ4v) is 9.38. The van der Waals surface area contributed by atoms with Crippen LogP contribution in [0.3, 0.4) is 0 Å². The molecule has 17 unspecified atom stereocenters. The summed E-state index contributed by atoms with van der Waals surface area (Å²) >= 11 is 0. The van der Waals surface area contributed by atoms with Crippen LogP contribution in [0.25, 0.3) is 0 Å². The summed E-state index contributed by atoms with van der Waals surface area (Å²) in [4.78, 5) is 13.3. The molecule has 0 radical (unpaired) electrons. The molecule has 3 rings (SSSR count). The first kappa shape index (κ1) is 72.7. The molecule has 19 heteroatoms. The lowest BCUT2D eigenvalue weighted by Gasteiger charge is -2.48. The van der Waals surface area contributed by atoms with Crippen LogP contribution in [0.4, 0.5) is 0 Å². The van der Waals surface area contributed by atoms with E-state index < -0.39 is 124 Å². The van der Waals surface area contributed by atoms with Gasteiger partial charge in [-0.1, -0.05) is 168 Å². The van der Waals surface area contributed by atoms with Gasteiger partial charge in [-0.05, 0) is 83.5 Å². The van der Waals surface area contributed by atoms with Crippen LogP contribution in [-0.4, -0.2) is 193 Å². The highest BCUT2D eigenvalue weighted by Gasteiger charge is 2.53. The Bertz CT molecular complexity index is 1920. The van der Waals surface area contributed by atoms with Gasteiger partial charge < -0.3 is 89.9 Å². The highest BCUT2D eigenvalue weighted by Crippen LogP contribution is 2.33. The lowest BCUT2D eigenvalue weighted by molar-refractivity contribution is -0.379. The number of allylic oxidation sites excluding steroid dienone is 17. The van der Waals surface area contributed by atoms with Crippen molar-refractivity contribution in [3.8, 4) is 0 Å². The zero-order valence-corrected chi connectivity index (χ0v) is 48.7. The van der Waals surface area contributed by atoms with E-state index in [-0.39, 0.29) is 18.9 Å². The minimum absolute atomic E-state index is 0.180. The number of aliphatic hydroxyl groups is 11. The van der Waals surface area contributed by atoms with Gasteiger partial charge in [0, 0.05) is 6.42 Å². The standard InChI is InChI=1S/C63H103NO18/c1-3-5-7-9-11-13-15-16-17-18-19-20-21-22-23-24-25-26-27-28-29-30-31-33-35-37-39-41-51(69)64-46(47(68)40-38-36-34-32-14-12-10-8-6-4-2)45-77-61-57(75)54(72)59(49(43-66)79-61)82-63-58(76)55(73)60(50(44-67)80-63)81-62-56(74)53(71)52(70)48(42-65)78-62/h5,7,11,13,16-17,19-20,22-23,25-26,28-29,31,33,38,40,46-50,52-63,65-68,70-76H,3-4,6,8-10,12,14-15,18,21,24,27,30,32,34-37,39,41-45H2,1-2H3,(H,64,69)/b7-5-,13-11-,17-16-,20-19-,23-22-,26-25-,29-28-,33-31-,40-38+. The fourth-order valence-electron chi connectivity index (χ4n) is 9.38. The van der Waals surface area contributed by atoms with Crippen molar-refractivity contribution >= 4 is 5.91 Å². The fraction of sp³-hybridized carbons (Fsp3) is 0.698. The van der Waals surface area contributed by atoms with Gasteiger partial charge in [-0.25, -0.2) is 0 Å². The van der Waals surface area contributed by atoms with Crippen molar-refractivity contribution in [3.05, 3.63) is 109 Å². The molecule has 3 aliphatic rings. The van der Waals surface area contributed by atoms with Gasteiger partial charge in [0.1, 0.15) is 73.2 Å². The van der Waals surface area contributed by atoms with Gasteiger partial charge >= 0.3 is 0 Å². The maximum Gasteiger partial charge on any atom is 0.220 e. The maximum atomic E-state index is 13.3. The molecule has 1 amide bonds. The second-order valence-electron chi connectivity index (χ2n) is 21.1. The quantitative estimate of drug-likeness (QED) is 0.0264. The van der Waals surface area contributed by atoms with Crippen LogP contribution < -0.4 is 5.32 Å². The number of hydrogen-bond acceptors (Lipinski definition) is 18. The Morgan fingerprint density at radius 1 is 0.451 bits per heavy atom. The summed E-state index contributed by atoms with van der Waals surface area (Å²) in [5.41, 5.74) is 0. The summed E-state index contributed by atoms with van der Waals surface area (Å²) in [7, 11) is 0. The minimum atomic E-state index is -1.99. The Morgan fingerprint density at radius 2 is 0.841 bits per heavy atom. The van der Waals surface area contributed by atoms with E-state index in [0.29, 0.717) is 6.42 Å². The summed E-state index contributed by atoms with van der Waals surface area (Å²) in [6, 6.07) is -1.00. The summed E-state index contributed by atoms with van der Waals surface area (Å²) in [6.45, 7) is 1.51. The van der Waals surface area contributed by atoms with Gasteiger partial charge in [0.25, 0.3) is 0 Å². The number of rotatable bonds is 42. The van der Waals surface area contributed by atoms with Crippen molar-refractivity contribution in [2.75, 3.05) is 26.4 Å². The van der Waals surface area contributed by atoms with Crippen LogP contribution in [0.15, 0.2) is 109 Å². The largest absolute Gasteiger partial charge is 0.394 e. The van der Waals surface area contributed by atoms with Crippen molar-refractivity contribution in [2.24, 2.45) is 0 Å². The average Bonchev–Trinajstić information content (AvgIpc) is 3.64. The Labute approximate surface area is 487 Å². The van der Waals surface area contributed by atoms with E-state index in [9.17, 15) is 61.0 Å². The third-order valence-corrected chi connectivity index (χ3v) is 14.3. The number of nitrogens with one attached hydrogen (secondary N) is 1. The van der Waals surface area contributed by atoms with Crippen molar-refractivity contribution < 1.29 is 89.4 Å². The molecular formula is C63H103NO18. The number of hydrogen-bond donors (Lipinski definition) is 12. The molecule has 12 N–H and O–H groups in total. The second kappa shape index (κ2) is 44.9. The van der Waals surface area contributed by atoms with Crippen molar-refractivity contribution in [2.45, 2.75) is 253 Å². The van der Waals surface area contributed by atoms with E-state index in [1.165, 1.54) is 32.1 Å². The topological polar surface area (TPSA) is 307 Å². The van der Waals surface area contributed by atoms with Gasteiger partial charge in [-0.3, -0.25) is 4.79 Å². The van der Waals surface area contributed by atoms with Crippen molar-refractivity contribution in [3.63, 3.8) is 0 Å². The summed E-state index contributed by atoms with van der Waals surface area (Å²) in [5, 5.41) is 120. The number of amides is 1. The number of carbonyl (C=O) groups is 1. The highest BCUT2D eigenvalue weighted by atomic mass is 16.8. The molecule has 0 bridgehead atoms. The molecule has 3 fully saturated rings. The number of carbonyl (C=O) groups excluding carboxylic acids is 1. The first-order valence-electron chi connectivity index (χ1n) is 30.1. The molecule has 0 aromatic heterocycles. The second-order valence-corrected chi connectivity index (χ2v) is 21.1. The van der Waals surface area contributed by atoms with Gasteiger partial charge in [-0.2, -0.15) is 0 Å². The predicted octanol–water partition coefficient (Wildman–Crippen LogP) is 5.53. The zero-order valence-electron chi connectivity index (χ0n) is 48.7. The summed E-state index contributed by atoms with van der Waals surface area (Å²) in [6.07, 6.45) is 30.9. The van der Waals surface area contributed by atoms with Crippen LogP contribution in [0.5, 0.6) is 0 Å². The van der Waals surface area contributed by atoms with Crippen LogP contribution >= 0.6 is 0 Å². The number of ether oxygens (including phenoxy) is 6. The third kappa shape index (κ3) is 28.1. The summed E-state index contributed by atoms with van der Waals surface area (Å²) < 4.78 is 34.1. The van der Waals surface area contributed by atoms with Crippen molar-refractivity contribution in [1.29, 1.82) is 0 Å². The van der Waals surface area contributed by atoms with Gasteiger partial charge in [0.05, 0.1) is 38.6 Å². The molecular weight excluding hydrogens is 1060 g/mol. The van der Waals surface area contributed by atoms with E-state index in [1.54, 1.807) is 6.08 Å². The lowest BCUT2D eigenvalue weighted by Crippen LogP contribution is -2.66. The van der Waals surface area contributed by atoms with Gasteiger partial charge in [0.15, 0.2) is 18.9 Å². The van der Waals surface area contributed by atoms with E-state index in [0.717, 1.165) is 89.9 Å². The average molecular weight is 1160 g/mol. The molecule has 0 aliphatic carbocycles. The molecule has 0 aromatic carbocycles. The molecule has 19 nitrogen and oxygen atoms in total. The monoisotopic (exact) mass is 1160 g/mol. The highest BCUT2D eigenvalue weighted by molar-refractivity contribution is 5.76. The van der Waals surface area contributed by atoms with E-state index >= 15 is 0 Å². The molecule has 3 aliphatic heterocycles. The molecule has 0 spiro atoms. The normalized spacial score (nSPS) is 30.4.